The Morgan fingerprint density at radius 3 is 2.58 bits per heavy atom. The molecule has 4 rings (SSSR count). The van der Waals surface area contributed by atoms with Gasteiger partial charge in [-0.3, -0.25) is 4.79 Å². The van der Waals surface area contributed by atoms with Gasteiger partial charge in [0.25, 0.3) is 0 Å². The van der Waals surface area contributed by atoms with E-state index in [1.807, 2.05) is 13.0 Å². The molecule has 0 saturated heterocycles. The Morgan fingerprint density at radius 2 is 2.05 bits per heavy atom. The number of ether oxygens (including phenoxy) is 1. The summed E-state index contributed by atoms with van der Waals surface area (Å²) in [6, 6.07) is 0. The van der Waals surface area contributed by atoms with E-state index in [1.54, 1.807) is 0 Å². The van der Waals surface area contributed by atoms with Gasteiger partial charge in [-0.05, 0) is 49.9 Å². The van der Waals surface area contributed by atoms with Gasteiger partial charge in [0.05, 0.1) is 17.9 Å². The maximum Gasteiger partial charge on any atom is 0.313 e. The minimum Gasteiger partial charge on any atom is -0.469 e. The number of carbonyl (C=O) groups is 2. The van der Waals surface area contributed by atoms with Crippen LogP contribution in [-0.4, -0.2) is 19.4 Å². The van der Waals surface area contributed by atoms with E-state index >= 15 is 0 Å². The van der Waals surface area contributed by atoms with Crippen LogP contribution in [0.3, 0.4) is 0 Å². The van der Waals surface area contributed by atoms with E-state index < -0.39 is 10.8 Å². The van der Waals surface area contributed by atoms with Crippen LogP contribution in [0, 0.1) is 28.1 Å². The van der Waals surface area contributed by atoms with E-state index in [2.05, 4.69) is 13.0 Å². The summed E-state index contributed by atoms with van der Waals surface area (Å²) in [6.45, 7) is 4.23. The highest BCUT2D eigenvalue weighted by molar-refractivity contribution is 5.86. The molecular formula is C16H22O3. The van der Waals surface area contributed by atoms with Crippen molar-refractivity contribution in [1.29, 1.82) is 0 Å². The SMILES string of the molecule is COC(=O)[C@@]1(C)C2CC[C@H](C)[C@]23C=C[C@@]1(C=O)CC3. The average molecular weight is 262 g/mol. The molecule has 19 heavy (non-hydrogen) atoms. The van der Waals surface area contributed by atoms with Crippen LogP contribution in [-0.2, 0) is 14.3 Å². The summed E-state index contributed by atoms with van der Waals surface area (Å²) in [5.74, 6) is 0.612. The van der Waals surface area contributed by atoms with E-state index in [4.69, 9.17) is 4.74 Å². The van der Waals surface area contributed by atoms with Crippen molar-refractivity contribution in [3.63, 3.8) is 0 Å². The Bertz CT molecular complexity index is 469. The second kappa shape index (κ2) is 3.71. The van der Waals surface area contributed by atoms with Crippen molar-refractivity contribution in [3.05, 3.63) is 12.2 Å². The Labute approximate surface area is 114 Å². The number of carbonyl (C=O) groups excluding carboxylic acids is 2. The van der Waals surface area contributed by atoms with Crippen molar-refractivity contribution >= 4 is 12.3 Å². The van der Waals surface area contributed by atoms with Gasteiger partial charge in [0.15, 0.2) is 0 Å². The smallest absolute Gasteiger partial charge is 0.313 e. The lowest BCUT2D eigenvalue weighted by molar-refractivity contribution is -0.179. The number of allylic oxidation sites excluding steroid dienone is 2. The van der Waals surface area contributed by atoms with Crippen molar-refractivity contribution in [1.82, 2.24) is 0 Å². The second-order valence-corrected chi connectivity index (χ2v) is 6.83. The fourth-order valence-electron chi connectivity index (χ4n) is 5.24. The predicted molar refractivity (Wildman–Crippen MR) is 71.3 cm³/mol. The molecule has 4 aliphatic carbocycles. The highest BCUT2D eigenvalue weighted by atomic mass is 16.5. The minimum absolute atomic E-state index is 0.105. The minimum atomic E-state index is -0.693. The second-order valence-electron chi connectivity index (χ2n) is 6.83. The van der Waals surface area contributed by atoms with Crippen molar-refractivity contribution in [2.45, 2.75) is 39.5 Å². The number of esters is 1. The van der Waals surface area contributed by atoms with Gasteiger partial charge >= 0.3 is 5.97 Å². The first-order valence-electron chi connectivity index (χ1n) is 7.22. The average Bonchev–Trinajstić information content (AvgIpc) is 2.78. The van der Waals surface area contributed by atoms with Gasteiger partial charge in [-0.1, -0.05) is 19.1 Å². The lowest BCUT2D eigenvalue weighted by atomic mass is 9.42. The Hall–Kier alpha value is -1.12. The molecule has 0 aliphatic heterocycles. The van der Waals surface area contributed by atoms with Crippen LogP contribution in [0.15, 0.2) is 12.2 Å². The highest BCUT2D eigenvalue weighted by Gasteiger charge is 2.70. The van der Waals surface area contributed by atoms with E-state index in [1.165, 1.54) is 7.11 Å². The zero-order valence-electron chi connectivity index (χ0n) is 11.9. The quantitative estimate of drug-likeness (QED) is 0.436. The summed E-state index contributed by atoms with van der Waals surface area (Å²) in [6.07, 6.45) is 9.21. The zero-order chi connectivity index (χ0) is 13.9. The molecule has 2 saturated carbocycles. The number of hydrogen-bond acceptors (Lipinski definition) is 3. The Kier molecular flexibility index (Phi) is 2.52. The van der Waals surface area contributed by atoms with Crippen LogP contribution in [0.4, 0.5) is 0 Å². The molecule has 1 spiro atoms. The van der Waals surface area contributed by atoms with Gasteiger partial charge in [0.2, 0.25) is 0 Å². The first-order chi connectivity index (χ1) is 8.97. The van der Waals surface area contributed by atoms with Crippen LogP contribution < -0.4 is 0 Å². The molecule has 0 amide bonds. The molecule has 0 N–H and O–H groups in total. The number of fused-ring (bicyclic) bond motifs is 1. The molecule has 5 atom stereocenters. The molecule has 104 valence electrons. The Balaban J connectivity index is 2.21. The lowest BCUT2D eigenvalue weighted by Gasteiger charge is -2.60. The summed E-state index contributed by atoms with van der Waals surface area (Å²) in [7, 11) is 1.43. The molecule has 0 heterocycles. The van der Waals surface area contributed by atoms with Crippen molar-refractivity contribution in [2.24, 2.45) is 28.1 Å². The van der Waals surface area contributed by atoms with E-state index in [9.17, 15) is 9.59 Å². The van der Waals surface area contributed by atoms with Crippen molar-refractivity contribution < 1.29 is 14.3 Å². The van der Waals surface area contributed by atoms with Crippen LogP contribution in [0.25, 0.3) is 0 Å². The fourth-order valence-corrected chi connectivity index (χ4v) is 5.24. The zero-order valence-corrected chi connectivity index (χ0v) is 11.9. The topological polar surface area (TPSA) is 43.4 Å². The fraction of sp³-hybridized carbons (Fsp3) is 0.750. The Morgan fingerprint density at radius 1 is 1.32 bits per heavy atom. The van der Waals surface area contributed by atoms with Crippen LogP contribution in [0.1, 0.15) is 39.5 Å². The molecule has 2 fully saturated rings. The molecule has 0 aromatic rings. The van der Waals surface area contributed by atoms with Crippen molar-refractivity contribution in [3.8, 4) is 0 Å². The first-order valence-corrected chi connectivity index (χ1v) is 7.22. The van der Waals surface area contributed by atoms with E-state index in [-0.39, 0.29) is 17.3 Å². The molecule has 3 nitrogen and oxygen atoms in total. The largest absolute Gasteiger partial charge is 0.469 e. The molecule has 3 heteroatoms. The summed E-state index contributed by atoms with van der Waals surface area (Å²) in [5, 5.41) is 0. The third-order valence-corrected chi connectivity index (χ3v) is 6.60. The normalized spacial score (nSPS) is 50.9. The molecule has 0 aromatic heterocycles. The summed E-state index contributed by atoms with van der Waals surface area (Å²) in [4.78, 5) is 24.3. The van der Waals surface area contributed by atoms with Crippen molar-refractivity contribution in [2.75, 3.05) is 7.11 Å². The van der Waals surface area contributed by atoms with Crippen LogP contribution in [0.5, 0.6) is 0 Å². The summed E-state index contributed by atoms with van der Waals surface area (Å²) >= 11 is 0. The summed E-state index contributed by atoms with van der Waals surface area (Å²) < 4.78 is 5.08. The van der Waals surface area contributed by atoms with Crippen LogP contribution in [0.2, 0.25) is 0 Å². The lowest BCUT2D eigenvalue weighted by Crippen LogP contribution is -2.61. The third kappa shape index (κ3) is 1.20. The van der Waals surface area contributed by atoms with Gasteiger partial charge in [-0.2, -0.15) is 0 Å². The van der Waals surface area contributed by atoms with Gasteiger partial charge in [-0.15, -0.1) is 0 Å². The highest BCUT2D eigenvalue weighted by Crippen LogP contribution is 2.71. The number of aldehydes is 1. The molecule has 2 bridgehead atoms. The molecule has 4 aliphatic rings. The standard InChI is InChI=1S/C16H22O3/c1-11-4-5-12-14(2,13(18)19-3)15(10-17)6-8-16(11,12)9-7-15/h6,8,10-12H,4-5,7,9H2,1-3H3/t11-,12?,14+,15-,16+/m0/s1. The third-order valence-electron chi connectivity index (χ3n) is 6.60. The van der Waals surface area contributed by atoms with Crippen LogP contribution >= 0.6 is 0 Å². The number of rotatable bonds is 2. The maximum atomic E-state index is 12.5. The monoisotopic (exact) mass is 262 g/mol. The molecular weight excluding hydrogens is 240 g/mol. The summed E-state index contributed by atoms with van der Waals surface area (Å²) in [5.41, 5.74) is -1.24. The maximum absolute atomic E-state index is 12.5. The van der Waals surface area contributed by atoms with E-state index in [0.717, 1.165) is 32.0 Å². The number of methoxy groups -OCH3 is 1. The molecule has 0 aromatic carbocycles. The first kappa shape index (κ1) is 12.9. The van der Waals surface area contributed by atoms with Gasteiger partial charge in [-0.25, -0.2) is 0 Å². The van der Waals surface area contributed by atoms with Gasteiger partial charge < -0.3 is 9.53 Å². The van der Waals surface area contributed by atoms with E-state index in [0.29, 0.717) is 5.92 Å². The van der Waals surface area contributed by atoms with Gasteiger partial charge in [0, 0.05) is 0 Å². The molecule has 0 radical (unpaired) electrons. The predicted octanol–water partition coefficient (Wildman–Crippen LogP) is 2.75. The molecule has 1 unspecified atom stereocenters. The number of hydrogen-bond donors (Lipinski definition) is 0. The van der Waals surface area contributed by atoms with Gasteiger partial charge in [0.1, 0.15) is 6.29 Å².